The molecule has 1 fully saturated rings. The number of anilines is 1. The number of morpholine rings is 1. The minimum atomic E-state index is -0.906. The van der Waals surface area contributed by atoms with Crippen molar-refractivity contribution >= 4 is 45.1 Å². The second-order valence-corrected chi connectivity index (χ2v) is 11.6. The highest BCUT2D eigenvalue weighted by Gasteiger charge is 2.24. The molecule has 10 heteroatoms. The minimum Gasteiger partial charge on any atom is -0.487 e. The second-order valence-electron chi connectivity index (χ2n) is 10.2. The average molecular weight is 553 g/mol. The summed E-state index contributed by atoms with van der Waals surface area (Å²) < 4.78 is 12.6. The van der Waals surface area contributed by atoms with Crippen LogP contribution < -0.4 is 9.64 Å². The molecule has 0 atom stereocenters. The van der Waals surface area contributed by atoms with Crippen LogP contribution in [0, 0.1) is 6.92 Å². The van der Waals surface area contributed by atoms with Crippen LogP contribution in [0.3, 0.4) is 0 Å². The Hall–Kier alpha value is -3.27. The maximum absolute atomic E-state index is 11.9. The maximum Gasteiger partial charge on any atom is 0.307 e. The SMILES string of the molecule is Cc1cc2nc(-c3ccnc(N4CCOCC4)n3)sc2c(-c2ccc(Cl)cc2OC(C)(C)C)c1CC(=O)O. The second kappa shape index (κ2) is 10.5. The zero-order valence-electron chi connectivity index (χ0n) is 21.7. The predicted octanol–water partition coefficient (Wildman–Crippen LogP) is 6.02. The molecule has 4 aromatic rings. The minimum absolute atomic E-state index is 0.128. The van der Waals surface area contributed by atoms with Crippen LogP contribution in [0.25, 0.3) is 32.0 Å². The van der Waals surface area contributed by atoms with Gasteiger partial charge in [-0.3, -0.25) is 4.79 Å². The van der Waals surface area contributed by atoms with Crippen molar-refractivity contribution in [2.24, 2.45) is 0 Å². The Bertz CT molecular complexity index is 1510. The van der Waals surface area contributed by atoms with E-state index in [2.05, 4.69) is 9.88 Å². The van der Waals surface area contributed by atoms with Gasteiger partial charge in [-0.25, -0.2) is 15.0 Å². The number of carboxylic acid groups (broad SMARTS) is 1. The highest BCUT2D eigenvalue weighted by Crippen LogP contribution is 2.45. The molecule has 0 radical (unpaired) electrons. The Balaban J connectivity index is 1.70. The smallest absolute Gasteiger partial charge is 0.307 e. The molecule has 0 spiro atoms. The molecule has 1 N–H and O–H groups in total. The van der Waals surface area contributed by atoms with E-state index >= 15 is 0 Å². The van der Waals surface area contributed by atoms with Crippen LogP contribution in [0.5, 0.6) is 5.75 Å². The number of hydrogen-bond donors (Lipinski definition) is 1. The first-order valence-electron chi connectivity index (χ1n) is 12.4. The van der Waals surface area contributed by atoms with Crippen molar-refractivity contribution in [3.05, 3.63) is 52.7 Å². The van der Waals surface area contributed by atoms with Crippen LogP contribution in [0.15, 0.2) is 36.5 Å². The van der Waals surface area contributed by atoms with E-state index in [0.29, 0.717) is 35.6 Å². The first kappa shape index (κ1) is 26.3. The summed E-state index contributed by atoms with van der Waals surface area (Å²) in [6, 6.07) is 9.27. The third-order valence-corrected chi connectivity index (χ3v) is 7.47. The molecule has 2 aromatic carbocycles. The number of hydrogen-bond acceptors (Lipinski definition) is 8. The number of fused-ring (bicyclic) bond motifs is 1. The van der Waals surface area contributed by atoms with E-state index in [9.17, 15) is 9.90 Å². The lowest BCUT2D eigenvalue weighted by atomic mass is 9.92. The number of ether oxygens (including phenoxy) is 2. The molecule has 3 heterocycles. The Labute approximate surface area is 230 Å². The standard InChI is InChI=1S/C28H29ClN4O4S/c1-16-13-21-25(38-26(31-21)20-7-8-30-27(32-20)33-9-11-36-12-10-33)24(19(16)15-23(34)35)18-6-5-17(29)14-22(18)37-28(2,3)4/h5-8,13-14H,9-12,15H2,1-4H3,(H,34,35). The van der Waals surface area contributed by atoms with E-state index in [1.54, 1.807) is 18.3 Å². The van der Waals surface area contributed by atoms with Gasteiger partial charge >= 0.3 is 5.97 Å². The quantitative estimate of drug-likeness (QED) is 0.310. The Morgan fingerprint density at radius 2 is 1.95 bits per heavy atom. The molecule has 0 unspecified atom stereocenters. The third-order valence-electron chi connectivity index (χ3n) is 6.12. The Kier molecular flexibility index (Phi) is 7.26. The summed E-state index contributed by atoms with van der Waals surface area (Å²) in [4.78, 5) is 28.2. The zero-order chi connectivity index (χ0) is 27.0. The van der Waals surface area contributed by atoms with Gasteiger partial charge in [0.25, 0.3) is 0 Å². The summed E-state index contributed by atoms with van der Waals surface area (Å²) in [5, 5.41) is 11.1. The lowest BCUT2D eigenvalue weighted by Crippen LogP contribution is -2.37. The number of carbonyl (C=O) groups is 1. The van der Waals surface area contributed by atoms with Crippen molar-refractivity contribution in [3.63, 3.8) is 0 Å². The molecule has 38 heavy (non-hydrogen) atoms. The predicted molar refractivity (Wildman–Crippen MR) is 151 cm³/mol. The van der Waals surface area contributed by atoms with E-state index in [1.807, 2.05) is 45.9 Å². The zero-order valence-corrected chi connectivity index (χ0v) is 23.3. The van der Waals surface area contributed by atoms with E-state index in [-0.39, 0.29) is 6.42 Å². The van der Waals surface area contributed by atoms with E-state index in [0.717, 1.165) is 50.6 Å². The fourth-order valence-electron chi connectivity index (χ4n) is 4.51. The van der Waals surface area contributed by atoms with Gasteiger partial charge in [0, 0.05) is 35.4 Å². The molecule has 1 aliphatic rings. The van der Waals surface area contributed by atoms with Gasteiger partial charge < -0.3 is 19.5 Å². The van der Waals surface area contributed by atoms with Crippen molar-refractivity contribution in [1.82, 2.24) is 15.0 Å². The van der Waals surface area contributed by atoms with Crippen LogP contribution in [0.2, 0.25) is 5.02 Å². The summed E-state index contributed by atoms with van der Waals surface area (Å²) in [6.45, 7) is 10.6. The van der Waals surface area contributed by atoms with Gasteiger partial charge in [-0.2, -0.15) is 0 Å². The lowest BCUT2D eigenvalue weighted by molar-refractivity contribution is -0.136. The molecule has 1 aliphatic heterocycles. The number of carboxylic acids is 1. The molecular weight excluding hydrogens is 524 g/mol. The number of thiazole rings is 1. The molecular formula is C28H29ClN4O4S. The van der Waals surface area contributed by atoms with E-state index < -0.39 is 11.6 Å². The molecule has 0 saturated carbocycles. The van der Waals surface area contributed by atoms with Gasteiger partial charge in [0.1, 0.15) is 22.1 Å². The summed E-state index contributed by atoms with van der Waals surface area (Å²) in [5.41, 5.74) is 4.15. The number of nitrogens with zero attached hydrogens (tertiary/aromatic N) is 4. The monoisotopic (exact) mass is 552 g/mol. The molecule has 0 aliphatic carbocycles. The molecule has 5 rings (SSSR count). The molecule has 8 nitrogen and oxygen atoms in total. The van der Waals surface area contributed by atoms with Gasteiger partial charge in [0.2, 0.25) is 5.95 Å². The first-order chi connectivity index (χ1) is 18.1. The number of aliphatic carboxylic acids is 1. The highest BCUT2D eigenvalue weighted by molar-refractivity contribution is 7.22. The normalized spacial score (nSPS) is 14.2. The van der Waals surface area contributed by atoms with Gasteiger partial charge in [-0.1, -0.05) is 11.6 Å². The van der Waals surface area contributed by atoms with Gasteiger partial charge in [0.15, 0.2) is 0 Å². The van der Waals surface area contributed by atoms with E-state index in [1.165, 1.54) is 11.3 Å². The van der Waals surface area contributed by atoms with Crippen LogP contribution in [0.1, 0.15) is 31.9 Å². The fourth-order valence-corrected chi connectivity index (χ4v) is 5.77. The summed E-state index contributed by atoms with van der Waals surface area (Å²) in [5.74, 6) is 0.332. The molecule has 0 bridgehead atoms. The number of benzene rings is 2. The number of aromatic nitrogens is 3. The van der Waals surface area contributed by atoms with Crippen LogP contribution in [0.4, 0.5) is 5.95 Å². The van der Waals surface area contributed by atoms with Gasteiger partial charge in [-0.05, 0) is 69.2 Å². The molecule has 198 valence electrons. The summed E-state index contributed by atoms with van der Waals surface area (Å²) in [6.07, 6.45) is 1.62. The number of aryl methyl sites for hydroxylation is 1. The highest BCUT2D eigenvalue weighted by atomic mass is 35.5. The summed E-state index contributed by atoms with van der Waals surface area (Å²) >= 11 is 7.84. The third kappa shape index (κ3) is 5.60. The van der Waals surface area contributed by atoms with Crippen molar-refractivity contribution < 1.29 is 19.4 Å². The summed E-state index contributed by atoms with van der Waals surface area (Å²) in [7, 11) is 0. The van der Waals surface area contributed by atoms with Crippen molar-refractivity contribution in [2.75, 3.05) is 31.2 Å². The van der Waals surface area contributed by atoms with Crippen LogP contribution >= 0.6 is 22.9 Å². The average Bonchev–Trinajstić information content (AvgIpc) is 3.28. The fraction of sp³-hybridized carbons (Fsp3) is 0.357. The van der Waals surface area contributed by atoms with Crippen molar-refractivity contribution in [1.29, 1.82) is 0 Å². The Morgan fingerprint density at radius 1 is 1.18 bits per heavy atom. The number of halogens is 1. The van der Waals surface area contributed by atoms with Gasteiger partial charge in [0.05, 0.1) is 29.9 Å². The lowest BCUT2D eigenvalue weighted by Gasteiger charge is -2.26. The topological polar surface area (TPSA) is 97.7 Å². The largest absolute Gasteiger partial charge is 0.487 e. The van der Waals surface area contributed by atoms with Crippen molar-refractivity contribution in [3.8, 4) is 27.6 Å². The number of rotatable bonds is 6. The molecule has 2 aromatic heterocycles. The van der Waals surface area contributed by atoms with E-state index in [4.69, 9.17) is 31.0 Å². The van der Waals surface area contributed by atoms with Crippen molar-refractivity contribution in [2.45, 2.75) is 39.7 Å². The van der Waals surface area contributed by atoms with Gasteiger partial charge in [-0.15, -0.1) is 11.3 Å². The molecule has 0 amide bonds. The van der Waals surface area contributed by atoms with Crippen LogP contribution in [-0.2, 0) is 16.0 Å². The maximum atomic E-state index is 11.9. The van der Waals surface area contributed by atoms with Crippen LogP contribution in [-0.4, -0.2) is 57.9 Å². The molecule has 1 saturated heterocycles. The first-order valence-corrected chi connectivity index (χ1v) is 13.6. The Morgan fingerprint density at radius 3 is 2.66 bits per heavy atom.